The van der Waals surface area contributed by atoms with Gasteiger partial charge < -0.3 is 5.32 Å². The van der Waals surface area contributed by atoms with Crippen molar-refractivity contribution in [1.29, 1.82) is 0 Å². The number of rotatable bonds is 5. The Hall–Kier alpha value is -1.77. The van der Waals surface area contributed by atoms with Crippen molar-refractivity contribution in [2.45, 2.75) is 26.3 Å². The molecule has 0 bridgehead atoms. The van der Waals surface area contributed by atoms with E-state index in [1.54, 1.807) is 24.3 Å². The summed E-state index contributed by atoms with van der Waals surface area (Å²) in [6.07, 6.45) is 4.17. The Morgan fingerprint density at radius 3 is 2.48 bits per heavy atom. The zero-order valence-electron chi connectivity index (χ0n) is 13.1. The average Bonchev–Trinajstić information content (AvgIpc) is 2.54. The minimum absolute atomic E-state index is 0.0567. The van der Waals surface area contributed by atoms with E-state index in [2.05, 4.69) is 24.4 Å². The van der Waals surface area contributed by atoms with Gasteiger partial charge in [-0.15, -0.1) is 0 Å². The zero-order chi connectivity index (χ0) is 16.8. The number of aryl methyl sites for hydroxylation is 1. The summed E-state index contributed by atoms with van der Waals surface area (Å²) >= 11 is 11.9. The second-order valence-corrected chi connectivity index (χ2v) is 6.17. The summed E-state index contributed by atoms with van der Waals surface area (Å²) in [7, 11) is 0. The minimum atomic E-state index is -0.164. The quantitative estimate of drug-likeness (QED) is 0.716. The van der Waals surface area contributed by atoms with Crippen LogP contribution in [0.4, 0.5) is 0 Å². The summed E-state index contributed by atoms with van der Waals surface area (Å²) in [4.78, 5) is 12.0. The lowest BCUT2D eigenvalue weighted by atomic mass is 10.0. The number of benzene rings is 2. The number of nitrogens with one attached hydrogen (secondary N) is 1. The van der Waals surface area contributed by atoms with E-state index in [1.807, 2.05) is 19.1 Å². The fourth-order valence-electron chi connectivity index (χ4n) is 2.19. The highest BCUT2D eigenvalue weighted by molar-refractivity contribution is 6.35. The maximum Gasteiger partial charge on any atom is 0.244 e. The van der Waals surface area contributed by atoms with E-state index < -0.39 is 0 Å². The molecule has 0 aliphatic carbocycles. The van der Waals surface area contributed by atoms with Crippen molar-refractivity contribution in [1.82, 2.24) is 5.32 Å². The van der Waals surface area contributed by atoms with Crippen molar-refractivity contribution in [3.63, 3.8) is 0 Å². The molecule has 23 heavy (non-hydrogen) atoms. The fourth-order valence-corrected chi connectivity index (χ4v) is 2.66. The highest BCUT2D eigenvalue weighted by atomic mass is 35.5. The smallest absolute Gasteiger partial charge is 0.244 e. The second-order valence-electron chi connectivity index (χ2n) is 5.32. The van der Waals surface area contributed by atoms with Crippen LogP contribution >= 0.6 is 23.2 Å². The summed E-state index contributed by atoms with van der Waals surface area (Å²) in [6.45, 7) is 4.08. The monoisotopic (exact) mass is 347 g/mol. The fraction of sp³-hybridized carbons (Fsp3) is 0.211. The largest absolute Gasteiger partial charge is 0.346 e. The van der Waals surface area contributed by atoms with E-state index in [0.29, 0.717) is 10.0 Å². The van der Waals surface area contributed by atoms with Gasteiger partial charge in [0.2, 0.25) is 5.91 Å². The topological polar surface area (TPSA) is 29.1 Å². The molecule has 2 aromatic carbocycles. The molecule has 0 saturated carbocycles. The van der Waals surface area contributed by atoms with Gasteiger partial charge >= 0.3 is 0 Å². The van der Waals surface area contributed by atoms with E-state index in [4.69, 9.17) is 23.2 Å². The summed E-state index contributed by atoms with van der Waals surface area (Å²) in [5.74, 6) is -0.164. The van der Waals surface area contributed by atoms with Crippen molar-refractivity contribution in [3.8, 4) is 0 Å². The number of hydrogen-bond donors (Lipinski definition) is 1. The lowest BCUT2D eigenvalue weighted by Crippen LogP contribution is -2.24. The van der Waals surface area contributed by atoms with Gasteiger partial charge in [-0.3, -0.25) is 4.79 Å². The third kappa shape index (κ3) is 5.12. The van der Waals surface area contributed by atoms with Crippen LogP contribution in [-0.2, 0) is 11.2 Å². The van der Waals surface area contributed by atoms with Crippen LogP contribution in [0.25, 0.3) is 6.08 Å². The molecule has 0 saturated heterocycles. The van der Waals surface area contributed by atoms with E-state index >= 15 is 0 Å². The van der Waals surface area contributed by atoms with Gasteiger partial charge in [-0.2, -0.15) is 0 Å². The maximum absolute atomic E-state index is 12.0. The molecule has 0 aliphatic heterocycles. The predicted molar refractivity (Wildman–Crippen MR) is 97.9 cm³/mol. The SMILES string of the molecule is CCc1ccc([C@H](C)NC(=O)/C=C/c2ccc(Cl)cc2Cl)cc1. The third-order valence-electron chi connectivity index (χ3n) is 3.62. The molecule has 0 fully saturated rings. The number of carbonyl (C=O) groups is 1. The van der Waals surface area contributed by atoms with Crippen LogP contribution in [0.15, 0.2) is 48.5 Å². The minimum Gasteiger partial charge on any atom is -0.346 e. The predicted octanol–water partition coefficient (Wildman–Crippen LogP) is 5.45. The van der Waals surface area contributed by atoms with Crippen LogP contribution in [-0.4, -0.2) is 5.91 Å². The van der Waals surface area contributed by atoms with Gasteiger partial charge in [0.15, 0.2) is 0 Å². The molecule has 0 aromatic heterocycles. The van der Waals surface area contributed by atoms with Gasteiger partial charge in [-0.25, -0.2) is 0 Å². The molecule has 0 aliphatic rings. The van der Waals surface area contributed by atoms with Crippen molar-refractivity contribution in [3.05, 3.63) is 75.3 Å². The number of halogens is 2. The van der Waals surface area contributed by atoms with Gasteiger partial charge in [0.1, 0.15) is 0 Å². The highest BCUT2D eigenvalue weighted by Crippen LogP contribution is 2.22. The molecular formula is C19H19Cl2NO. The van der Waals surface area contributed by atoms with Crippen molar-refractivity contribution < 1.29 is 4.79 Å². The van der Waals surface area contributed by atoms with E-state index in [0.717, 1.165) is 17.5 Å². The first-order valence-corrected chi connectivity index (χ1v) is 8.27. The van der Waals surface area contributed by atoms with Crippen LogP contribution in [0.3, 0.4) is 0 Å². The molecular weight excluding hydrogens is 329 g/mol. The standard InChI is InChI=1S/C19H19Cl2NO/c1-3-14-4-6-15(7-5-14)13(2)22-19(23)11-9-16-8-10-17(20)12-18(16)21/h4-13H,3H2,1-2H3,(H,22,23)/b11-9+/t13-/m0/s1. The first-order valence-electron chi connectivity index (χ1n) is 7.52. The van der Waals surface area contributed by atoms with Crippen LogP contribution in [0.5, 0.6) is 0 Å². The lowest BCUT2D eigenvalue weighted by Gasteiger charge is -2.13. The van der Waals surface area contributed by atoms with Gasteiger partial charge in [0, 0.05) is 16.1 Å². The number of amides is 1. The van der Waals surface area contributed by atoms with Crippen LogP contribution in [0, 0.1) is 0 Å². The molecule has 2 aromatic rings. The molecule has 1 atom stereocenters. The molecule has 4 heteroatoms. The zero-order valence-corrected chi connectivity index (χ0v) is 14.7. The number of carbonyl (C=O) groups excluding carboxylic acids is 1. The molecule has 0 unspecified atom stereocenters. The first-order chi connectivity index (χ1) is 11.0. The molecule has 0 spiro atoms. The number of hydrogen-bond acceptors (Lipinski definition) is 1. The molecule has 0 radical (unpaired) electrons. The molecule has 120 valence electrons. The molecule has 2 rings (SSSR count). The van der Waals surface area contributed by atoms with E-state index in [9.17, 15) is 4.79 Å². The normalized spacial score (nSPS) is 12.3. The van der Waals surface area contributed by atoms with Crippen LogP contribution in [0.2, 0.25) is 10.0 Å². The van der Waals surface area contributed by atoms with Crippen LogP contribution in [0.1, 0.15) is 36.6 Å². The van der Waals surface area contributed by atoms with Crippen molar-refractivity contribution >= 4 is 35.2 Å². The average molecular weight is 348 g/mol. The summed E-state index contributed by atoms with van der Waals surface area (Å²) in [6, 6.07) is 13.4. The Balaban J connectivity index is 1.99. The molecule has 2 nitrogen and oxygen atoms in total. The highest BCUT2D eigenvalue weighted by Gasteiger charge is 2.07. The molecule has 1 amide bonds. The summed E-state index contributed by atoms with van der Waals surface area (Å²) < 4.78 is 0. The summed E-state index contributed by atoms with van der Waals surface area (Å²) in [5.41, 5.74) is 3.11. The van der Waals surface area contributed by atoms with E-state index in [1.165, 1.54) is 11.6 Å². The lowest BCUT2D eigenvalue weighted by molar-refractivity contribution is -0.117. The van der Waals surface area contributed by atoms with Crippen molar-refractivity contribution in [2.75, 3.05) is 0 Å². The van der Waals surface area contributed by atoms with Gasteiger partial charge in [-0.05, 0) is 48.2 Å². The first kappa shape index (κ1) is 17.6. The Labute approximate surface area is 147 Å². The van der Waals surface area contributed by atoms with Crippen molar-refractivity contribution in [2.24, 2.45) is 0 Å². The third-order valence-corrected chi connectivity index (χ3v) is 4.19. The molecule has 1 N–H and O–H groups in total. The summed E-state index contributed by atoms with van der Waals surface area (Å²) in [5, 5.41) is 4.03. The van der Waals surface area contributed by atoms with Gasteiger partial charge in [-0.1, -0.05) is 60.5 Å². The van der Waals surface area contributed by atoms with Gasteiger partial charge in [0.25, 0.3) is 0 Å². The van der Waals surface area contributed by atoms with E-state index in [-0.39, 0.29) is 11.9 Å². The Morgan fingerprint density at radius 1 is 1.17 bits per heavy atom. The Bertz CT molecular complexity index is 708. The van der Waals surface area contributed by atoms with Crippen LogP contribution < -0.4 is 5.32 Å². The molecule has 0 heterocycles. The maximum atomic E-state index is 12.0. The Kier molecular flexibility index (Phi) is 6.26. The Morgan fingerprint density at radius 2 is 1.87 bits per heavy atom. The van der Waals surface area contributed by atoms with Gasteiger partial charge in [0.05, 0.1) is 6.04 Å². The second kappa shape index (κ2) is 8.19.